The lowest BCUT2D eigenvalue weighted by Crippen LogP contribution is -2.06. The minimum atomic E-state index is -0.275. The molecular formula is C34H34N2O2. The molecule has 1 unspecified atom stereocenters. The fraction of sp³-hybridized carbons (Fsp3) is 0.235. The maximum absolute atomic E-state index is 12.3. The number of methoxy groups -OCH3 is 1. The van der Waals surface area contributed by atoms with Gasteiger partial charge in [0.2, 0.25) is 0 Å². The zero-order chi connectivity index (χ0) is 26.5. The van der Waals surface area contributed by atoms with E-state index in [4.69, 9.17) is 9.84 Å². The van der Waals surface area contributed by atoms with Crippen molar-refractivity contribution in [1.82, 2.24) is 9.78 Å². The molecule has 1 aromatic heterocycles. The number of rotatable bonds is 7. The number of fused-ring (bicyclic) bond motifs is 2. The Morgan fingerprint density at radius 1 is 0.895 bits per heavy atom. The van der Waals surface area contributed by atoms with Crippen molar-refractivity contribution in [2.75, 3.05) is 7.11 Å². The summed E-state index contributed by atoms with van der Waals surface area (Å²) in [5.74, 6) is 0.533. The molecule has 0 saturated heterocycles. The lowest BCUT2D eigenvalue weighted by molar-refractivity contribution is -0.109. The first-order valence-corrected chi connectivity index (χ1v) is 13.5. The number of carbonyl (C=O) groups is 1. The van der Waals surface area contributed by atoms with Crippen molar-refractivity contribution < 1.29 is 9.53 Å². The quantitative estimate of drug-likeness (QED) is 0.214. The summed E-state index contributed by atoms with van der Waals surface area (Å²) in [5.41, 5.74) is 7.97. The Morgan fingerprint density at radius 3 is 2.45 bits per heavy atom. The summed E-state index contributed by atoms with van der Waals surface area (Å²) >= 11 is 0. The zero-order valence-corrected chi connectivity index (χ0v) is 22.4. The van der Waals surface area contributed by atoms with Crippen molar-refractivity contribution in [3.63, 3.8) is 0 Å². The van der Waals surface area contributed by atoms with Crippen LogP contribution in [0.4, 0.5) is 0 Å². The highest BCUT2D eigenvalue weighted by Crippen LogP contribution is 2.32. The van der Waals surface area contributed by atoms with Crippen molar-refractivity contribution in [3.8, 4) is 22.7 Å². The Labute approximate surface area is 224 Å². The molecule has 4 heteroatoms. The number of ether oxygens (including phenoxy) is 1. The van der Waals surface area contributed by atoms with Crippen LogP contribution < -0.4 is 4.74 Å². The van der Waals surface area contributed by atoms with Gasteiger partial charge >= 0.3 is 0 Å². The highest BCUT2D eigenvalue weighted by atomic mass is 16.5. The number of aromatic nitrogens is 2. The van der Waals surface area contributed by atoms with E-state index < -0.39 is 0 Å². The number of aryl methyl sites for hydroxylation is 2. The van der Waals surface area contributed by atoms with Gasteiger partial charge in [0.1, 0.15) is 12.0 Å². The molecule has 1 heterocycles. The second kappa shape index (κ2) is 11.5. The fourth-order valence-electron chi connectivity index (χ4n) is 5.42. The number of carbonyl (C=O) groups excluding carboxylic acids is 1. The number of aldehydes is 1. The Bertz CT molecular complexity index is 1540. The van der Waals surface area contributed by atoms with Crippen molar-refractivity contribution in [2.24, 2.45) is 0 Å². The molecule has 4 aromatic carbocycles. The SMILES string of the molecule is CC.COc1ccc(-n2nc(CC(C=O)c3cccc4ccccc34)cc2-c2ccc3c(c2)CCC3)cc1. The largest absolute Gasteiger partial charge is 0.497 e. The summed E-state index contributed by atoms with van der Waals surface area (Å²) in [6.07, 6.45) is 5.10. The van der Waals surface area contributed by atoms with Gasteiger partial charge in [-0.1, -0.05) is 68.4 Å². The van der Waals surface area contributed by atoms with E-state index in [1.807, 2.05) is 61.0 Å². The molecule has 0 fully saturated rings. The molecule has 192 valence electrons. The van der Waals surface area contributed by atoms with Crippen LogP contribution in [0, 0.1) is 0 Å². The summed E-state index contributed by atoms with van der Waals surface area (Å²) in [7, 11) is 1.67. The lowest BCUT2D eigenvalue weighted by atomic mass is 9.91. The monoisotopic (exact) mass is 502 g/mol. The zero-order valence-electron chi connectivity index (χ0n) is 22.4. The van der Waals surface area contributed by atoms with Crippen LogP contribution >= 0.6 is 0 Å². The average molecular weight is 503 g/mol. The van der Waals surface area contributed by atoms with Gasteiger partial charge < -0.3 is 9.53 Å². The van der Waals surface area contributed by atoms with Crippen LogP contribution in [-0.2, 0) is 24.1 Å². The molecule has 0 saturated carbocycles. The summed E-state index contributed by atoms with van der Waals surface area (Å²) in [4.78, 5) is 12.3. The van der Waals surface area contributed by atoms with E-state index >= 15 is 0 Å². The predicted octanol–water partition coefficient (Wildman–Crippen LogP) is 7.74. The first-order chi connectivity index (χ1) is 18.7. The van der Waals surface area contributed by atoms with E-state index in [0.717, 1.165) is 63.9 Å². The highest BCUT2D eigenvalue weighted by Gasteiger charge is 2.20. The van der Waals surface area contributed by atoms with Gasteiger partial charge in [0.05, 0.1) is 24.2 Å². The third-order valence-electron chi connectivity index (χ3n) is 7.29. The van der Waals surface area contributed by atoms with Crippen LogP contribution in [0.15, 0.2) is 91.0 Å². The smallest absolute Gasteiger partial charge is 0.127 e. The summed E-state index contributed by atoms with van der Waals surface area (Å²) in [5, 5.41) is 7.28. The molecule has 0 aliphatic heterocycles. The Hall–Kier alpha value is -4.18. The van der Waals surface area contributed by atoms with Crippen LogP contribution in [0.2, 0.25) is 0 Å². The van der Waals surface area contributed by atoms with E-state index in [9.17, 15) is 4.79 Å². The Balaban J connectivity index is 0.00000144. The number of hydrogen-bond donors (Lipinski definition) is 0. The molecule has 0 N–H and O–H groups in total. The molecule has 5 aromatic rings. The minimum absolute atomic E-state index is 0.275. The first-order valence-electron chi connectivity index (χ1n) is 13.5. The van der Waals surface area contributed by atoms with Crippen molar-refractivity contribution in [3.05, 3.63) is 113 Å². The van der Waals surface area contributed by atoms with Gasteiger partial charge in [0.15, 0.2) is 0 Å². The minimum Gasteiger partial charge on any atom is -0.497 e. The molecule has 0 amide bonds. The molecule has 1 aliphatic carbocycles. The van der Waals surface area contributed by atoms with Gasteiger partial charge in [-0.2, -0.15) is 5.10 Å². The second-order valence-corrected chi connectivity index (χ2v) is 9.48. The molecule has 0 spiro atoms. The lowest BCUT2D eigenvalue weighted by Gasteiger charge is -2.12. The third-order valence-corrected chi connectivity index (χ3v) is 7.29. The van der Waals surface area contributed by atoms with Gasteiger partial charge in [-0.15, -0.1) is 0 Å². The number of benzene rings is 4. The number of nitrogens with zero attached hydrogens (tertiary/aromatic N) is 2. The molecule has 0 radical (unpaired) electrons. The van der Waals surface area contributed by atoms with Crippen LogP contribution in [0.5, 0.6) is 5.75 Å². The fourth-order valence-corrected chi connectivity index (χ4v) is 5.42. The molecule has 1 atom stereocenters. The van der Waals surface area contributed by atoms with Gasteiger partial charge in [-0.3, -0.25) is 0 Å². The summed E-state index contributed by atoms with van der Waals surface area (Å²) in [6.45, 7) is 4.00. The molecule has 6 rings (SSSR count). The highest BCUT2D eigenvalue weighted by molar-refractivity contribution is 5.88. The van der Waals surface area contributed by atoms with E-state index in [2.05, 4.69) is 48.5 Å². The van der Waals surface area contributed by atoms with Crippen LogP contribution in [0.3, 0.4) is 0 Å². The molecule has 38 heavy (non-hydrogen) atoms. The van der Waals surface area contributed by atoms with Gasteiger partial charge in [0, 0.05) is 17.9 Å². The molecule has 1 aliphatic rings. The van der Waals surface area contributed by atoms with E-state index in [1.165, 1.54) is 17.5 Å². The van der Waals surface area contributed by atoms with Gasteiger partial charge in [-0.25, -0.2) is 4.68 Å². The first kappa shape index (κ1) is 25.5. The molecule has 4 nitrogen and oxygen atoms in total. The summed E-state index contributed by atoms with van der Waals surface area (Å²) in [6, 6.07) is 31.3. The van der Waals surface area contributed by atoms with Gasteiger partial charge in [-0.05, 0) is 83.1 Å². The van der Waals surface area contributed by atoms with E-state index in [0.29, 0.717) is 6.42 Å². The third kappa shape index (κ3) is 4.99. The molecule has 0 bridgehead atoms. The Morgan fingerprint density at radius 2 is 1.66 bits per heavy atom. The average Bonchev–Trinajstić information content (AvgIpc) is 3.63. The normalized spacial score (nSPS) is 12.9. The van der Waals surface area contributed by atoms with Crippen LogP contribution in [-0.4, -0.2) is 23.2 Å². The maximum atomic E-state index is 12.3. The Kier molecular flexibility index (Phi) is 7.69. The topological polar surface area (TPSA) is 44.1 Å². The predicted molar refractivity (Wildman–Crippen MR) is 155 cm³/mol. The van der Waals surface area contributed by atoms with Gasteiger partial charge in [0.25, 0.3) is 0 Å². The second-order valence-electron chi connectivity index (χ2n) is 9.48. The number of hydrogen-bond acceptors (Lipinski definition) is 3. The maximum Gasteiger partial charge on any atom is 0.127 e. The standard InChI is InChI=1S/C32H28N2O2.C2H6/c1-36-29-16-14-28(15-17-29)34-32(25-13-12-22-7-4-9-24(22)18-25)20-27(33-34)19-26(21-35)31-11-5-8-23-6-2-3-10-30(23)31;1-2/h2-3,5-6,8,10-18,20-21,26H,4,7,9,19H2,1H3;1-2H3. The molecular weight excluding hydrogens is 468 g/mol. The van der Waals surface area contributed by atoms with Crippen LogP contribution in [0.25, 0.3) is 27.7 Å². The van der Waals surface area contributed by atoms with Crippen molar-refractivity contribution >= 4 is 17.1 Å². The van der Waals surface area contributed by atoms with Crippen molar-refractivity contribution in [2.45, 2.75) is 45.4 Å². The van der Waals surface area contributed by atoms with E-state index in [-0.39, 0.29) is 5.92 Å². The van der Waals surface area contributed by atoms with E-state index in [1.54, 1.807) is 7.11 Å². The summed E-state index contributed by atoms with van der Waals surface area (Å²) < 4.78 is 7.35. The van der Waals surface area contributed by atoms with Crippen LogP contribution in [0.1, 0.15) is 48.6 Å². The van der Waals surface area contributed by atoms with Crippen molar-refractivity contribution in [1.29, 1.82) is 0 Å².